The zero-order chi connectivity index (χ0) is 16.4. The Balaban J connectivity index is 1.74. The molecule has 0 amide bonds. The van der Waals surface area contributed by atoms with Crippen LogP contribution in [-0.2, 0) is 27.9 Å². The van der Waals surface area contributed by atoms with Crippen LogP contribution in [-0.4, -0.2) is 22.6 Å². The lowest BCUT2D eigenvalue weighted by molar-refractivity contribution is -0.139. The second kappa shape index (κ2) is 4.74. The highest BCUT2D eigenvalue weighted by Gasteiger charge is 2.62. The highest BCUT2D eigenvalue weighted by Crippen LogP contribution is 2.66. The van der Waals surface area contributed by atoms with E-state index in [1.807, 2.05) is 4.57 Å². The molecule has 4 rings (SSSR count). The molecule has 4 nitrogen and oxygen atoms in total. The summed E-state index contributed by atoms with van der Waals surface area (Å²) < 4.78 is 34.3. The summed E-state index contributed by atoms with van der Waals surface area (Å²) >= 11 is 5.32. The van der Waals surface area contributed by atoms with Gasteiger partial charge in [-0.3, -0.25) is 4.79 Å². The summed E-state index contributed by atoms with van der Waals surface area (Å²) in [6.45, 7) is 0.576. The molecular weight excluding hydrogens is 322 g/mol. The van der Waals surface area contributed by atoms with Gasteiger partial charge in [0.05, 0.1) is 13.5 Å². The summed E-state index contributed by atoms with van der Waals surface area (Å²) in [6, 6.07) is 3.66. The first kappa shape index (κ1) is 14.6. The Hall–Kier alpha value is -2.02. The lowest BCUT2D eigenvalue weighted by Crippen LogP contribution is -2.13. The van der Waals surface area contributed by atoms with Crippen molar-refractivity contribution < 1.29 is 18.3 Å². The quantitative estimate of drug-likeness (QED) is 0.692. The van der Waals surface area contributed by atoms with Gasteiger partial charge in [0, 0.05) is 35.3 Å². The van der Waals surface area contributed by atoms with Crippen molar-refractivity contribution in [1.82, 2.24) is 9.55 Å². The number of imidazole rings is 1. The van der Waals surface area contributed by atoms with Gasteiger partial charge in [-0.25, -0.2) is 8.78 Å². The molecule has 1 N–H and O–H groups in total. The molecule has 0 saturated heterocycles. The average molecular weight is 336 g/mol. The minimum atomic E-state index is -0.573. The van der Waals surface area contributed by atoms with Crippen LogP contribution in [0.5, 0.6) is 0 Å². The highest BCUT2D eigenvalue weighted by atomic mass is 32.1. The van der Waals surface area contributed by atoms with Crippen LogP contribution in [0.4, 0.5) is 8.78 Å². The number of rotatable bonds is 3. The van der Waals surface area contributed by atoms with E-state index in [2.05, 4.69) is 4.98 Å². The zero-order valence-electron chi connectivity index (χ0n) is 12.4. The number of aromatic nitrogens is 2. The van der Waals surface area contributed by atoms with Crippen molar-refractivity contribution in [3.8, 4) is 0 Å². The van der Waals surface area contributed by atoms with Gasteiger partial charge in [-0.1, -0.05) is 0 Å². The largest absolute Gasteiger partial charge is 0.469 e. The van der Waals surface area contributed by atoms with Gasteiger partial charge < -0.3 is 14.3 Å². The maximum Gasteiger partial charge on any atom is 0.311 e. The van der Waals surface area contributed by atoms with Gasteiger partial charge in [0.2, 0.25) is 0 Å². The highest BCUT2D eigenvalue weighted by molar-refractivity contribution is 7.71. The fourth-order valence-corrected chi connectivity index (χ4v) is 4.10. The summed E-state index contributed by atoms with van der Waals surface area (Å²) in [5.74, 6) is -1.37. The molecule has 1 saturated carbocycles. The fraction of sp³-hybridized carbons (Fsp3) is 0.375. The Morgan fingerprint density at radius 1 is 1.43 bits per heavy atom. The smallest absolute Gasteiger partial charge is 0.311 e. The lowest BCUT2D eigenvalue weighted by atomic mass is 9.94. The van der Waals surface area contributed by atoms with E-state index < -0.39 is 11.6 Å². The standard InChI is InChI=1S/C16H14F2N2O2S/c1-22-13(21)5-12-14-11-6-16(11,7-20(14)15(23)19-12)8-2-9(17)4-10(18)3-8/h2-4,11H,5-7H2,1H3,(H,19,23)/t11-,16+/m0/s1. The third-order valence-electron chi connectivity index (χ3n) is 4.93. The maximum atomic E-state index is 13.6. The van der Waals surface area contributed by atoms with Crippen molar-refractivity contribution in [2.24, 2.45) is 0 Å². The molecule has 1 fully saturated rings. The van der Waals surface area contributed by atoms with Crippen LogP contribution in [0.1, 0.15) is 29.3 Å². The van der Waals surface area contributed by atoms with Crippen LogP contribution in [0.25, 0.3) is 0 Å². The number of nitrogens with one attached hydrogen (secondary N) is 1. The lowest BCUT2D eigenvalue weighted by Gasteiger charge is -2.13. The van der Waals surface area contributed by atoms with Crippen molar-refractivity contribution in [3.05, 3.63) is 51.6 Å². The van der Waals surface area contributed by atoms with Gasteiger partial charge in [-0.05, 0) is 36.3 Å². The molecule has 1 aromatic carbocycles. The Morgan fingerprint density at radius 2 is 2.13 bits per heavy atom. The van der Waals surface area contributed by atoms with Crippen LogP contribution in [0.2, 0.25) is 0 Å². The second-order valence-corrected chi connectivity index (χ2v) is 6.59. The molecule has 2 aliphatic rings. The molecule has 0 radical (unpaired) electrons. The minimum absolute atomic E-state index is 0.118. The third kappa shape index (κ3) is 2.06. The van der Waals surface area contributed by atoms with Gasteiger partial charge in [0.15, 0.2) is 4.77 Å². The number of halogens is 2. The van der Waals surface area contributed by atoms with E-state index in [1.54, 1.807) is 0 Å². The van der Waals surface area contributed by atoms with Gasteiger partial charge in [0.1, 0.15) is 11.6 Å². The molecule has 2 aromatic rings. The Labute approximate surface area is 136 Å². The van der Waals surface area contributed by atoms with Gasteiger partial charge in [-0.2, -0.15) is 0 Å². The molecule has 0 bridgehead atoms. The molecule has 1 aromatic heterocycles. The van der Waals surface area contributed by atoms with Crippen molar-refractivity contribution >= 4 is 18.2 Å². The molecule has 7 heteroatoms. The van der Waals surface area contributed by atoms with E-state index in [9.17, 15) is 13.6 Å². The maximum absolute atomic E-state index is 13.6. The monoisotopic (exact) mass is 336 g/mol. The molecular formula is C16H14F2N2O2S. The Morgan fingerprint density at radius 3 is 2.78 bits per heavy atom. The number of methoxy groups -OCH3 is 1. The van der Waals surface area contributed by atoms with Gasteiger partial charge in [-0.15, -0.1) is 0 Å². The zero-order valence-corrected chi connectivity index (χ0v) is 13.2. The number of fused-ring (bicyclic) bond motifs is 3. The van der Waals surface area contributed by atoms with E-state index >= 15 is 0 Å². The summed E-state index contributed by atoms with van der Waals surface area (Å²) in [4.78, 5) is 14.6. The van der Waals surface area contributed by atoms with Crippen LogP contribution >= 0.6 is 12.2 Å². The molecule has 2 atom stereocenters. The molecule has 0 spiro atoms. The summed E-state index contributed by atoms with van der Waals surface area (Å²) in [5.41, 5.74) is 2.04. The van der Waals surface area contributed by atoms with Gasteiger partial charge >= 0.3 is 5.97 Å². The van der Waals surface area contributed by atoms with E-state index in [4.69, 9.17) is 17.0 Å². The normalized spacial score (nSPS) is 24.2. The third-order valence-corrected chi connectivity index (χ3v) is 5.26. The fourth-order valence-electron chi connectivity index (χ4n) is 3.81. The predicted octanol–water partition coefficient (Wildman–Crippen LogP) is 2.98. The van der Waals surface area contributed by atoms with Crippen molar-refractivity contribution in [2.45, 2.75) is 30.7 Å². The van der Waals surface area contributed by atoms with E-state index in [-0.39, 0.29) is 23.7 Å². The Kier molecular flexibility index (Phi) is 3.00. The number of H-pyrrole nitrogens is 1. The topological polar surface area (TPSA) is 47.0 Å². The number of hydrogen-bond donors (Lipinski definition) is 1. The molecule has 23 heavy (non-hydrogen) atoms. The van der Waals surface area contributed by atoms with E-state index in [1.165, 1.54) is 19.2 Å². The number of nitrogens with zero attached hydrogens (tertiary/aromatic N) is 1. The van der Waals surface area contributed by atoms with Crippen molar-refractivity contribution in [3.63, 3.8) is 0 Å². The summed E-state index contributed by atoms with van der Waals surface area (Å²) in [7, 11) is 1.34. The first-order valence-electron chi connectivity index (χ1n) is 7.29. The van der Waals surface area contributed by atoms with E-state index in [0.29, 0.717) is 16.9 Å². The predicted molar refractivity (Wildman–Crippen MR) is 80.7 cm³/mol. The van der Waals surface area contributed by atoms with Crippen LogP contribution in [0.15, 0.2) is 18.2 Å². The summed E-state index contributed by atoms with van der Waals surface area (Å²) in [5, 5.41) is 0. The number of aromatic amines is 1. The number of ether oxygens (including phenoxy) is 1. The number of hydrogen-bond acceptors (Lipinski definition) is 3. The van der Waals surface area contributed by atoms with Crippen LogP contribution in [0, 0.1) is 16.4 Å². The molecule has 120 valence electrons. The van der Waals surface area contributed by atoms with Gasteiger partial charge in [0.25, 0.3) is 0 Å². The number of carbonyl (C=O) groups is 1. The average Bonchev–Trinajstić information content (AvgIpc) is 2.99. The first-order valence-corrected chi connectivity index (χ1v) is 7.70. The number of esters is 1. The minimum Gasteiger partial charge on any atom is -0.469 e. The number of carbonyl (C=O) groups excluding carboxylic acids is 1. The molecule has 1 aliphatic carbocycles. The van der Waals surface area contributed by atoms with E-state index in [0.717, 1.165) is 23.9 Å². The van der Waals surface area contributed by atoms with Crippen LogP contribution < -0.4 is 0 Å². The Bertz CT molecular complexity index is 868. The molecule has 0 unspecified atom stereocenters. The van der Waals surface area contributed by atoms with Crippen molar-refractivity contribution in [2.75, 3.05) is 7.11 Å². The number of benzene rings is 1. The molecule has 2 heterocycles. The molecule has 1 aliphatic heterocycles. The first-order chi connectivity index (χ1) is 10.9. The SMILES string of the molecule is COC(=O)Cc1[nH]c(=S)n2c1[C@@H]1C[C@]1(c1cc(F)cc(F)c1)C2. The van der Waals surface area contributed by atoms with Crippen LogP contribution in [0.3, 0.4) is 0 Å². The summed E-state index contributed by atoms with van der Waals surface area (Å²) in [6.07, 6.45) is 0.920. The second-order valence-electron chi connectivity index (χ2n) is 6.20. The van der Waals surface area contributed by atoms with Crippen molar-refractivity contribution in [1.29, 1.82) is 0 Å².